The monoisotopic (exact) mass is 492 g/mol. The average molecular weight is 494 g/mol. The van der Waals surface area contributed by atoms with Crippen molar-refractivity contribution in [3.63, 3.8) is 0 Å². The Labute approximate surface area is 192 Å². The van der Waals surface area contributed by atoms with E-state index in [2.05, 4.69) is 17.6 Å². The third kappa shape index (κ3) is 3.21. The molecule has 160 valence electrons. The maximum atomic E-state index is 13.0. The number of imide groups is 2. The molecule has 2 aliphatic heterocycles. The van der Waals surface area contributed by atoms with E-state index in [-0.39, 0.29) is 31.2 Å². The van der Waals surface area contributed by atoms with Gasteiger partial charge in [-0.25, -0.2) is 19.4 Å². The van der Waals surface area contributed by atoms with E-state index in [1.165, 1.54) is 27.7 Å². The first-order valence-corrected chi connectivity index (χ1v) is 10.0. The van der Waals surface area contributed by atoms with Gasteiger partial charge in [-0.2, -0.15) is 0 Å². The summed E-state index contributed by atoms with van der Waals surface area (Å²) in [6.45, 7) is 9.53. The molecule has 2 N–H and O–H groups in total. The van der Waals surface area contributed by atoms with Gasteiger partial charge in [0, 0.05) is 5.56 Å². The second-order valence-electron chi connectivity index (χ2n) is 7.82. The molecule has 2 aliphatic rings. The Balaban J connectivity index is 2.34. The minimum Gasteiger partial charge on any atom is -0.324 e. The summed E-state index contributed by atoms with van der Waals surface area (Å²) in [5, 5.41) is 4.26. The zero-order valence-electron chi connectivity index (χ0n) is 16.2. The van der Waals surface area contributed by atoms with Crippen LogP contribution in [0.5, 0.6) is 0 Å². The number of rotatable bonds is 3. The van der Waals surface area contributed by atoms with E-state index < -0.39 is 41.1 Å². The van der Waals surface area contributed by atoms with Gasteiger partial charge in [-0.05, 0) is 40.2 Å². The molecule has 2 saturated heterocycles. The number of hydrogen-bond acceptors (Lipinski definition) is 4. The zero-order chi connectivity index (χ0) is 22.9. The molecular weight excluding hydrogens is 478 g/mol. The Hall–Kier alpha value is -1.74. The van der Waals surface area contributed by atoms with E-state index in [0.717, 1.165) is 0 Å². The van der Waals surface area contributed by atoms with Crippen molar-refractivity contribution in [3.8, 4) is 0 Å². The van der Waals surface area contributed by atoms with Gasteiger partial charge >= 0.3 is 12.1 Å². The van der Waals surface area contributed by atoms with Crippen LogP contribution < -0.4 is 10.6 Å². The van der Waals surface area contributed by atoms with Gasteiger partial charge in [0.2, 0.25) is 6.17 Å². The number of urea groups is 2. The second-order valence-corrected chi connectivity index (χ2v) is 9.34. The van der Waals surface area contributed by atoms with E-state index in [1.54, 1.807) is 0 Å². The number of halogens is 4. The highest BCUT2D eigenvalue weighted by molar-refractivity contribution is 6.49. The molecule has 0 unspecified atom stereocenters. The molecule has 30 heavy (non-hydrogen) atoms. The molecule has 0 atom stereocenters. The van der Waals surface area contributed by atoms with Crippen LogP contribution in [-0.2, 0) is 9.59 Å². The van der Waals surface area contributed by atoms with Crippen molar-refractivity contribution in [2.45, 2.75) is 38.8 Å². The van der Waals surface area contributed by atoms with Crippen LogP contribution in [0, 0.1) is 13.1 Å². The Bertz CT molecular complexity index is 949. The molecule has 3 rings (SSSR count). The molecule has 2 radical (unpaired) electrons. The van der Waals surface area contributed by atoms with Gasteiger partial charge in [-0.3, -0.25) is 9.59 Å². The minimum atomic E-state index is -1.32. The summed E-state index contributed by atoms with van der Waals surface area (Å²) >= 11 is 25.2. The average Bonchev–Trinajstić information content (AvgIpc) is 2.96. The zero-order valence-corrected chi connectivity index (χ0v) is 19.3. The van der Waals surface area contributed by atoms with Crippen molar-refractivity contribution in [1.29, 1.82) is 0 Å². The van der Waals surface area contributed by atoms with E-state index in [0.29, 0.717) is 9.80 Å². The Morgan fingerprint density at radius 3 is 1.33 bits per heavy atom. The van der Waals surface area contributed by atoms with E-state index in [4.69, 9.17) is 46.4 Å². The summed E-state index contributed by atoms with van der Waals surface area (Å²) in [5.41, 5.74) is -2.78. The summed E-state index contributed by atoms with van der Waals surface area (Å²) in [4.78, 5) is 52.8. The van der Waals surface area contributed by atoms with Crippen LogP contribution in [0.15, 0.2) is 0 Å². The van der Waals surface area contributed by atoms with Gasteiger partial charge in [-0.15, -0.1) is 0 Å². The van der Waals surface area contributed by atoms with E-state index in [1.807, 2.05) is 0 Å². The van der Waals surface area contributed by atoms with E-state index in [9.17, 15) is 19.2 Å². The van der Waals surface area contributed by atoms with Crippen molar-refractivity contribution in [2.75, 3.05) is 0 Å². The topological polar surface area (TPSA) is 98.8 Å². The second kappa shape index (κ2) is 7.15. The number of carbonyl (C=O) groups excluding carboxylic acids is 4. The van der Waals surface area contributed by atoms with Gasteiger partial charge in [0.1, 0.15) is 11.1 Å². The van der Waals surface area contributed by atoms with Crippen LogP contribution in [0.3, 0.4) is 0 Å². The Morgan fingerprint density at radius 2 is 1.07 bits per heavy atom. The lowest BCUT2D eigenvalue weighted by atomic mass is 10.0. The number of amides is 6. The number of benzene rings is 1. The van der Waals surface area contributed by atoms with Crippen LogP contribution in [0.1, 0.15) is 38.8 Å². The molecule has 8 nitrogen and oxygen atoms in total. The van der Waals surface area contributed by atoms with Gasteiger partial charge < -0.3 is 10.6 Å². The molecule has 12 heteroatoms. The molecule has 0 saturated carbocycles. The maximum Gasteiger partial charge on any atom is 0.327 e. The highest BCUT2D eigenvalue weighted by Gasteiger charge is 2.57. The highest BCUT2D eigenvalue weighted by atomic mass is 35.5. The first kappa shape index (κ1) is 22.9. The quantitative estimate of drug-likeness (QED) is 0.491. The number of nitrogens with zero attached hydrogens (tertiary/aromatic N) is 2. The highest BCUT2D eigenvalue weighted by Crippen LogP contribution is 2.47. The minimum absolute atomic E-state index is 0.103. The molecule has 0 spiro atoms. The summed E-state index contributed by atoms with van der Waals surface area (Å²) in [6, 6.07) is -1.77. The smallest absolute Gasteiger partial charge is 0.324 e. The van der Waals surface area contributed by atoms with Crippen molar-refractivity contribution in [1.82, 2.24) is 20.4 Å². The first-order valence-electron chi connectivity index (χ1n) is 8.52. The third-order valence-corrected chi connectivity index (χ3v) is 6.51. The third-order valence-electron chi connectivity index (χ3n) is 4.72. The molecule has 1 aromatic carbocycles. The summed E-state index contributed by atoms with van der Waals surface area (Å²) in [5.74, 6) is -1.49. The molecule has 0 aromatic heterocycles. The molecule has 2 fully saturated rings. The number of nitrogens with one attached hydrogen (secondary N) is 2. The fourth-order valence-corrected chi connectivity index (χ4v) is 4.14. The number of hydrogen-bond donors (Lipinski definition) is 2. The van der Waals surface area contributed by atoms with Gasteiger partial charge in [0.25, 0.3) is 11.8 Å². The Morgan fingerprint density at radius 1 is 0.733 bits per heavy atom. The summed E-state index contributed by atoms with van der Waals surface area (Å²) in [6.07, 6.45) is -0.477. The standard InChI is InChI=1S/C18H16Cl4N4O4/c1-6-8(19)10(21)7(11(22)9(6)20)12(25-13(27)17(2,3)23-15(25)29)26-14(28)18(4,5)24-16(26)30/h1H2,2-5H3,(H,23,29)(H,24,30). The predicted molar refractivity (Wildman–Crippen MR) is 112 cm³/mol. The molecule has 1 aromatic rings. The SMILES string of the molecule is [CH2]c1c(Cl)c(Cl)c([C](N2C(=O)NC(C)(C)C2=O)N2C(=O)NC(C)(C)C2=O)c(Cl)c1Cl. The molecule has 0 aliphatic carbocycles. The van der Waals surface area contributed by atoms with Crippen molar-refractivity contribution in [2.24, 2.45) is 0 Å². The molecular formula is C18H16Cl4N4O4. The van der Waals surface area contributed by atoms with Crippen LogP contribution in [-0.4, -0.2) is 44.8 Å². The fourth-order valence-electron chi connectivity index (χ4n) is 3.08. The largest absolute Gasteiger partial charge is 0.327 e. The Kier molecular flexibility index (Phi) is 5.47. The maximum absolute atomic E-state index is 13.0. The van der Waals surface area contributed by atoms with Gasteiger partial charge in [0.05, 0.1) is 20.1 Å². The predicted octanol–water partition coefficient (Wildman–Crippen LogP) is 3.98. The van der Waals surface area contributed by atoms with Gasteiger partial charge in [0.15, 0.2) is 0 Å². The van der Waals surface area contributed by atoms with Crippen LogP contribution in [0.2, 0.25) is 20.1 Å². The summed E-state index contributed by atoms with van der Waals surface area (Å²) in [7, 11) is 0. The summed E-state index contributed by atoms with van der Waals surface area (Å²) < 4.78 is 0. The number of carbonyl (C=O) groups is 4. The van der Waals surface area contributed by atoms with Crippen LogP contribution in [0.4, 0.5) is 9.59 Å². The lowest BCUT2D eigenvalue weighted by Crippen LogP contribution is -2.50. The van der Waals surface area contributed by atoms with Crippen LogP contribution >= 0.6 is 46.4 Å². The molecule has 0 bridgehead atoms. The first-order chi connectivity index (χ1) is 13.6. The van der Waals surface area contributed by atoms with Gasteiger partial charge in [-0.1, -0.05) is 46.4 Å². The lowest BCUT2D eigenvalue weighted by Gasteiger charge is -2.32. The van der Waals surface area contributed by atoms with Crippen molar-refractivity contribution < 1.29 is 19.2 Å². The van der Waals surface area contributed by atoms with E-state index >= 15 is 0 Å². The molecule has 2 heterocycles. The van der Waals surface area contributed by atoms with Crippen molar-refractivity contribution in [3.05, 3.63) is 44.3 Å². The van der Waals surface area contributed by atoms with Crippen molar-refractivity contribution >= 4 is 70.3 Å². The fraction of sp³-hybridized carbons (Fsp3) is 0.333. The molecule has 6 amide bonds. The normalized spacial score (nSPS) is 20.3. The lowest BCUT2D eigenvalue weighted by molar-refractivity contribution is -0.134. The van der Waals surface area contributed by atoms with Crippen LogP contribution in [0.25, 0.3) is 0 Å².